The molecule has 0 atom stereocenters. The van der Waals surface area contributed by atoms with Crippen molar-refractivity contribution in [2.75, 3.05) is 7.11 Å². The van der Waals surface area contributed by atoms with Crippen molar-refractivity contribution in [1.29, 1.82) is 0 Å². The lowest BCUT2D eigenvalue weighted by Crippen LogP contribution is -1.95. The lowest BCUT2D eigenvalue weighted by atomic mass is 10.1. The zero-order valence-electron chi connectivity index (χ0n) is 8.53. The average molecular weight is 188 g/mol. The number of methoxy groups -OCH3 is 1. The molecule has 72 valence electrons. The summed E-state index contributed by atoms with van der Waals surface area (Å²) in [7, 11) is 1.63. The van der Waals surface area contributed by atoms with Gasteiger partial charge in [0.05, 0.1) is 18.0 Å². The first-order valence-electron chi connectivity index (χ1n) is 4.49. The van der Waals surface area contributed by atoms with Gasteiger partial charge in [-0.3, -0.25) is 0 Å². The second-order valence-corrected chi connectivity index (χ2v) is 3.30. The van der Waals surface area contributed by atoms with Crippen LogP contribution in [-0.4, -0.2) is 17.1 Å². The number of fused-ring (bicyclic) bond motifs is 1. The summed E-state index contributed by atoms with van der Waals surface area (Å²) in [6, 6.07) is 6.06. The summed E-state index contributed by atoms with van der Waals surface area (Å²) in [4.78, 5) is 8.56. The number of aryl methyl sites for hydroxylation is 2. The number of hydrogen-bond donors (Lipinski definition) is 0. The molecule has 0 bridgehead atoms. The highest BCUT2D eigenvalue weighted by atomic mass is 16.5. The molecule has 0 spiro atoms. The predicted octanol–water partition coefficient (Wildman–Crippen LogP) is 2.26. The normalized spacial score (nSPS) is 10.5. The van der Waals surface area contributed by atoms with Gasteiger partial charge >= 0.3 is 0 Å². The van der Waals surface area contributed by atoms with Crippen molar-refractivity contribution in [3.05, 3.63) is 29.6 Å². The van der Waals surface area contributed by atoms with E-state index in [1.54, 1.807) is 7.11 Å². The zero-order valence-corrected chi connectivity index (χ0v) is 8.53. The van der Waals surface area contributed by atoms with Gasteiger partial charge in [-0.25, -0.2) is 4.98 Å². The summed E-state index contributed by atoms with van der Waals surface area (Å²) in [5.41, 5.74) is 2.11. The van der Waals surface area contributed by atoms with Crippen LogP contribution in [0.15, 0.2) is 18.2 Å². The minimum absolute atomic E-state index is 0.649. The van der Waals surface area contributed by atoms with Crippen LogP contribution in [0.25, 0.3) is 10.9 Å². The average Bonchev–Trinajstić information content (AvgIpc) is 2.17. The highest BCUT2D eigenvalue weighted by molar-refractivity contribution is 5.84. The van der Waals surface area contributed by atoms with Crippen LogP contribution in [0.2, 0.25) is 0 Å². The number of nitrogens with zero attached hydrogens (tertiary/aromatic N) is 2. The molecular formula is C11H12N2O. The quantitative estimate of drug-likeness (QED) is 0.688. The monoisotopic (exact) mass is 188 g/mol. The molecule has 0 amide bonds. The lowest BCUT2D eigenvalue weighted by molar-refractivity contribution is 0.401. The number of rotatable bonds is 1. The maximum absolute atomic E-state index is 5.21. The van der Waals surface area contributed by atoms with Crippen molar-refractivity contribution in [3.8, 4) is 5.88 Å². The smallest absolute Gasteiger partial charge is 0.224 e. The van der Waals surface area contributed by atoms with Crippen LogP contribution in [0.3, 0.4) is 0 Å². The van der Waals surface area contributed by atoms with Gasteiger partial charge in [-0.2, -0.15) is 4.98 Å². The Labute approximate surface area is 82.8 Å². The van der Waals surface area contributed by atoms with Crippen LogP contribution in [0.5, 0.6) is 5.88 Å². The number of hydrogen-bond acceptors (Lipinski definition) is 3. The highest BCUT2D eigenvalue weighted by Crippen LogP contribution is 2.22. The largest absolute Gasteiger partial charge is 0.480 e. The standard InChI is InChI=1S/C11H12N2O/c1-7-4-5-10-9(6-7)11(14-3)13-8(2)12-10/h4-6H,1-3H3. The van der Waals surface area contributed by atoms with Crippen molar-refractivity contribution >= 4 is 10.9 Å². The summed E-state index contributed by atoms with van der Waals surface area (Å²) in [6.45, 7) is 3.90. The third-order valence-corrected chi connectivity index (χ3v) is 2.12. The molecule has 1 aromatic heterocycles. The Morgan fingerprint density at radius 3 is 2.64 bits per heavy atom. The molecule has 2 aromatic rings. The first-order chi connectivity index (χ1) is 6.70. The molecular weight excluding hydrogens is 176 g/mol. The van der Waals surface area contributed by atoms with Crippen molar-refractivity contribution in [2.24, 2.45) is 0 Å². The van der Waals surface area contributed by atoms with E-state index in [2.05, 4.69) is 9.97 Å². The van der Waals surface area contributed by atoms with E-state index in [4.69, 9.17) is 4.74 Å². The van der Waals surface area contributed by atoms with E-state index in [1.807, 2.05) is 32.0 Å². The summed E-state index contributed by atoms with van der Waals surface area (Å²) >= 11 is 0. The van der Waals surface area contributed by atoms with E-state index in [9.17, 15) is 0 Å². The van der Waals surface area contributed by atoms with E-state index in [-0.39, 0.29) is 0 Å². The highest BCUT2D eigenvalue weighted by Gasteiger charge is 2.05. The molecule has 2 rings (SSSR count). The van der Waals surface area contributed by atoms with Gasteiger partial charge in [0.15, 0.2) is 0 Å². The van der Waals surface area contributed by atoms with Gasteiger partial charge in [0.2, 0.25) is 5.88 Å². The summed E-state index contributed by atoms with van der Waals surface area (Å²) < 4.78 is 5.21. The van der Waals surface area contributed by atoms with Crippen LogP contribution in [0.1, 0.15) is 11.4 Å². The molecule has 0 radical (unpaired) electrons. The second-order valence-electron chi connectivity index (χ2n) is 3.30. The molecule has 3 heteroatoms. The van der Waals surface area contributed by atoms with Gasteiger partial charge in [0, 0.05) is 0 Å². The zero-order chi connectivity index (χ0) is 10.1. The molecule has 0 aliphatic rings. The number of benzene rings is 1. The van der Waals surface area contributed by atoms with Crippen LogP contribution < -0.4 is 4.74 Å². The fourth-order valence-corrected chi connectivity index (χ4v) is 1.48. The third-order valence-electron chi connectivity index (χ3n) is 2.12. The Bertz CT molecular complexity index is 480. The fourth-order valence-electron chi connectivity index (χ4n) is 1.48. The molecule has 0 saturated heterocycles. The minimum atomic E-state index is 0.649. The topological polar surface area (TPSA) is 35.0 Å². The Kier molecular flexibility index (Phi) is 2.08. The van der Waals surface area contributed by atoms with Gasteiger partial charge in [0.1, 0.15) is 5.82 Å². The minimum Gasteiger partial charge on any atom is -0.480 e. The Balaban J connectivity index is 2.81. The van der Waals surface area contributed by atoms with Gasteiger partial charge in [0.25, 0.3) is 0 Å². The van der Waals surface area contributed by atoms with Gasteiger partial charge in [-0.15, -0.1) is 0 Å². The van der Waals surface area contributed by atoms with Crippen LogP contribution in [-0.2, 0) is 0 Å². The first kappa shape index (κ1) is 8.94. The molecule has 14 heavy (non-hydrogen) atoms. The first-order valence-corrected chi connectivity index (χ1v) is 4.49. The molecule has 0 unspecified atom stereocenters. The number of aromatic nitrogens is 2. The van der Waals surface area contributed by atoms with Gasteiger partial charge in [-0.1, -0.05) is 11.6 Å². The van der Waals surface area contributed by atoms with Crippen LogP contribution in [0, 0.1) is 13.8 Å². The Morgan fingerprint density at radius 2 is 1.93 bits per heavy atom. The SMILES string of the molecule is COc1nc(C)nc2ccc(C)cc12. The van der Waals surface area contributed by atoms with E-state index >= 15 is 0 Å². The maximum atomic E-state index is 5.21. The Morgan fingerprint density at radius 1 is 1.14 bits per heavy atom. The lowest BCUT2D eigenvalue weighted by Gasteiger charge is -2.05. The molecule has 0 saturated carbocycles. The Hall–Kier alpha value is -1.64. The maximum Gasteiger partial charge on any atom is 0.224 e. The van der Waals surface area contributed by atoms with Crippen molar-refractivity contribution in [3.63, 3.8) is 0 Å². The molecule has 3 nitrogen and oxygen atoms in total. The third kappa shape index (κ3) is 1.41. The van der Waals surface area contributed by atoms with Crippen molar-refractivity contribution in [2.45, 2.75) is 13.8 Å². The van der Waals surface area contributed by atoms with E-state index in [0.29, 0.717) is 5.88 Å². The molecule has 1 heterocycles. The van der Waals surface area contributed by atoms with Crippen LogP contribution >= 0.6 is 0 Å². The van der Waals surface area contributed by atoms with Gasteiger partial charge in [-0.05, 0) is 26.0 Å². The molecule has 0 fully saturated rings. The summed E-state index contributed by atoms with van der Waals surface area (Å²) in [6.07, 6.45) is 0. The van der Waals surface area contributed by atoms with E-state index in [0.717, 1.165) is 16.7 Å². The molecule has 0 N–H and O–H groups in total. The van der Waals surface area contributed by atoms with Crippen molar-refractivity contribution < 1.29 is 4.74 Å². The van der Waals surface area contributed by atoms with Crippen molar-refractivity contribution in [1.82, 2.24) is 9.97 Å². The molecule has 0 aliphatic heterocycles. The predicted molar refractivity (Wildman–Crippen MR) is 55.6 cm³/mol. The summed E-state index contributed by atoms with van der Waals surface area (Å²) in [5, 5.41) is 0.970. The van der Waals surface area contributed by atoms with E-state index < -0.39 is 0 Å². The molecule has 1 aromatic carbocycles. The fraction of sp³-hybridized carbons (Fsp3) is 0.273. The van der Waals surface area contributed by atoms with Gasteiger partial charge < -0.3 is 4.74 Å². The second kappa shape index (κ2) is 3.25. The van der Waals surface area contributed by atoms with E-state index in [1.165, 1.54) is 5.56 Å². The summed E-state index contributed by atoms with van der Waals surface area (Å²) in [5.74, 6) is 1.38. The van der Waals surface area contributed by atoms with Crippen LogP contribution in [0.4, 0.5) is 0 Å². The molecule has 0 aliphatic carbocycles. The number of ether oxygens (including phenoxy) is 1.